The zero-order valence-corrected chi connectivity index (χ0v) is 17.7. The standard InChI is InChI=1S/C25H29N5O/c26-24(31)20-12-10-19(11-13-20)22-16-28-25(27)29-23(22)21-9-5-15-30(17-21)14-4-8-18-6-2-1-3-7-18/h1-3,6-7,10-13,16,21H,4-5,8-9,14-15,17H2,(H2,26,31)(H2,27,28,29). The molecule has 0 spiro atoms. The summed E-state index contributed by atoms with van der Waals surface area (Å²) in [5.41, 5.74) is 16.2. The second-order valence-electron chi connectivity index (χ2n) is 8.20. The van der Waals surface area contributed by atoms with Gasteiger partial charge in [-0.25, -0.2) is 9.97 Å². The normalized spacial score (nSPS) is 16.8. The molecule has 0 aliphatic carbocycles. The molecule has 1 amide bonds. The van der Waals surface area contributed by atoms with Crippen LogP contribution in [0.15, 0.2) is 60.8 Å². The summed E-state index contributed by atoms with van der Waals surface area (Å²) in [6.07, 6.45) is 6.26. The average molecular weight is 416 g/mol. The summed E-state index contributed by atoms with van der Waals surface area (Å²) in [6.45, 7) is 3.17. The fourth-order valence-corrected chi connectivity index (χ4v) is 4.39. The Kier molecular flexibility index (Phi) is 6.57. The Hall–Kier alpha value is -3.25. The first-order chi connectivity index (χ1) is 15.1. The molecule has 6 nitrogen and oxygen atoms in total. The molecule has 31 heavy (non-hydrogen) atoms. The fourth-order valence-electron chi connectivity index (χ4n) is 4.39. The molecular weight excluding hydrogens is 386 g/mol. The summed E-state index contributed by atoms with van der Waals surface area (Å²) in [7, 11) is 0. The maximum atomic E-state index is 11.4. The number of benzene rings is 2. The SMILES string of the molecule is NC(=O)c1ccc(-c2cnc(N)nc2C2CCCN(CCCc3ccccc3)C2)cc1. The van der Waals surface area contributed by atoms with E-state index in [0.29, 0.717) is 17.4 Å². The van der Waals surface area contributed by atoms with Crippen LogP contribution in [-0.4, -0.2) is 40.4 Å². The number of nitrogen functional groups attached to an aromatic ring is 1. The Morgan fingerprint density at radius 3 is 2.61 bits per heavy atom. The number of carbonyl (C=O) groups is 1. The topological polar surface area (TPSA) is 98.1 Å². The number of hydrogen-bond acceptors (Lipinski definition) is 5. The van der Waals surface area contributed by atoms with Crippen molar-refractivity contribution in [2.45, 2.75) is 31.6 Å². The smallest absolute Gasteiger partial charge is 0.248 e. The van der Waals surface area contributed by atoms with E-state index in [1.165, 1.54) is 5.56 Å². The second-order valence-corrected chi connectivity index (χ2v) is 8.20. The molecule has 1 aliphatic heterocycles. The van der Waals surface area contributed by atoms with Crippen LogP contribution in [0.5, 0.6) is 0 Å². The van der Waals surface area contributed by atoms with Crippen molar-refractivity contribution in [1.82, 2.24) is 14.9 Å². The van der Waals surface area contributed by atoms with Crippen molar-refractivity contribution in [3.8, 4) is 11.1 Å². The van der Waals surface area contributed by atoms with E-state index in [1.54, 1.807) is 18.3 Å². The van der Waals surface area contributed by atoms with Crippen LogP contribution in [0.4, 0.5) is 5.95 Å². The van der Waals surface area contributed by atoms with Crippen LogP contribution in [0.2, 0.25) is 0 Å². The largest absolute Gasteiger partial charge is 0.368 e. The molecule has 4 rings (SSSR count). The van der Waals surface area contributed by atoms with Crippen molar-refractivity contribution in [1.29, 1.82) is 0 Å². The maximum Gasteiger partial charge on any atom is 0.248 e. The second kappa shape index (κ2) is 9.71. The van der Waals surface area contributed by atoms with Crippen LogP contribution in [0.25, 0.3) is 11.1 Å². The van der Waals surface area contributed by atoms with Crippen molar-refractivity contribution in [2.75, 3.05) is 25.4 Å². The molecule has 0 saturated carbocycles. The maximum absolute atomic E-state index is 11.4. The van der Waals surface area contributed by atoms with Gasteiger partial charge in [0, 0.05) is 29.8 Å². The number of nitrogens with zero attached hydrogens (tertiary/aromatic N) is 3. The zero-order chi connectivity index (χ0) is 21.6. The summed E-state index contributed by atoms with van der Waals surface area (Å²) in [5.74, 6) is 0.175. The molecule has 0 radical (unpaired) electrons. The van der Waals surface area contributed by atoms with Crippen LogP contribution >= 0.6 is 0 Å². The van der Waals surface area contributed by atoms with E-state index in [2.05, 4.69) is 45.2 Å². The first-order valence-electron chi connectivity index (χ1n) is 10.9. The molecule has 1 saturated heterocycles. The van der Waals surface area contributed by atoms with E-state index in [-0.39, 0.29) is 0 Å². The minimum Gasteiger partial charge on any atom is -0.368 e. The van der Waals surface area contributed by atoms with Gasteiger partial charge in [-0.2, -0.15) is 0 Å². The monoisotopic (exact) mass is 415 g/mol. The number of aryl methyl sites for hydroxylation is 1. The summed E-state index contributed by atoms with van der Waals surface area (Å²) >= 11 is 0. The number of rotatable bonds is 7. The highest BCUT2D eigenvalue weighted by atomic mass is 16.1. The number of nitrogens with two attached hydrogens (primary N) is 2. The quantitative estimate of drug-likeness (QED) is 0.614. The predicted octanol–water partition coefficient (Wildman–Crippen LogP) is 3.64. The Bertz CT molecular complexity index is 1020. The van der Waals surface area contributed by atoms with Crippen molar-refractivity contribution in [2.24, 2.45) is 5.73 Å². The van der Waals surface area contributed by atoms with Gasteiger partial charge in [0.25, 0.3) is 0 Å². The fraction of sp³-hybridized carbons (Fsp3) is 0.320. The molecule has 3 aromatic rings. The van der Waals surface area contributed by atoms with Gasteiger partial charge in [-0.05, 0) is 62.0 Å². The van der Waals surface area contributed by atoms with Crippen molar-refractivity contribution >= 4 is 11.9 Å². The lowest BCUT2D eigenvalue weighted by atomic mass is 9.89. The molecule has 2 heterocycles. The van der Waals surface area contributed by atoms with Crippen molar-refractivity contribution in [3.63, 3.8) is 0 Å². The van der Waals surface area contributed by atoms with Gasteiger partial charge in [-0.3, -0.25) is 4.79 Å². The molecule has 2 aromatic carbocycles. The summed E-state index contributed by atoms with van der Waals surface area (Å²) < 4.78 is 0. The number of piperidine rings is 1. The molecule has 6 heteroatoms. The third kappa shape index (κ3) is 5.27. The Balaban J connectivity index is 1.47. The minimum absolute atomic E-state index is 0.300. The first-order valence-corrected chi connectivity index (χ1v) is 10.9. The van der Waals surface area contributed by atoms with Gasteiger partial charge in [0.2, 0.25) is 11.9 Å². The van der Waals surface area contributed by atoms with Crippen molar-refractivity contribution in [3.05, 3.63) is 77.6 Å². The lowest BCUT2D eigenvalue weighted by Gasteiger charge is -2.33. The highest BCUT2D eigenvalue weighted by molar-refractivity contribution is 5.93. The summed E-state index contributed by atoms with van der Waals surface area (Å²) in [5, 5.41) is 0. The highest BCUT2D eigenvalue weighted by Crippen LogP contribution is 2.33. The third-order valence-electron chi connectivity index (χ3n) is 5.99. The van der Waals surface area contributed by atoms with Gasteiger partial charge in [0.05, 0.1) is 5.69 Å². The molecular formula is C25H29N5O. The minimum atomic E-state index is -0.432. The van der Waals surface area contributed by atoms with E-state index in [4.69, 9.17) is 11.5 Å². The molecule has 1 unspecified atom stereocenters. The molecule has 1 fully saturated rings. The van der Waals surface area contributed by atoms with Gasteiger partial charge in [-0.1, -0.05) is 42.5 Å². The van der Waals surface area contributed by atoms with Gasteiger partial charge < -0.3 is 16.4 Å². The third-order valence-corrected chi connectivity index (χ3v) is 5.99. The number of hydrogen-bond donors (Lipinski definition) is 2. The zero-order valence-electron chi connectivity index (χ0n) is 17.7. The van der Waals surface area contributed by atoms with E-state index >= 15 is 0 Å². The van der Waals surface area contributed by atoms with Gasteiger partial charge in [0.1, 0.15) is 0 Å². The van der Waals surface area contributed by atoms with E-state index in [9.17, 15) is 4.79 Å². The molecule has 160 valence electrons. The molecule has 4 N–H and O–H groups in total. The van der Waals surface area contributed by atoms with Gasteiger partial charge in [-0.15, -0.1) is 0 Å². The lowest BCUT2D eigenvalue weighted by Crippen LogP contribution is -2.35. The highest BCUT2D eigenvalue weighted by Gasteiger charge is 2.25. The number of amides is 1. The van der Waals surface area contributed by atoms with E-state index in [1.807, 2.05) is 12.1 Å². The first kappa shape index (κ1) is 21.0. The molecule has 1 aromatic heterocycles. The van der Waals surface area contributed by atoms with Crippen LogP contribution in [0.3, 0.4) is 0 Å². The lowest BCUT2D eigenvalue weighted by molar-refractivity contribution is 0.100. The van der Waals surface area contributed by atoms with E-state index < -0.39 is 5.91 Å². The summed E-state index contributed by atoms with van der Waals surface area (Å²) in [4.78, 5) is 22.8. The predicted molar refractivity (Wildman–Crippen MR) is 124 cm³/mol. The summed E-state index contributed by atoms with van der Waals surface area (Å²) in [6, 6.07) is 17.9. The average Bonchev–Trinajstić information content (AvgIpc) is 2.80. The Morgan fingerprint density at radius 1 is 1.10 bits per heavy atom. The van der Waals surface area contributed by atoms with Crippen LogP contribution in [0, 0.1) is 0 Å². The number of primary amides is 1. The number of anilines is 1. The van der Waals surface area contributed by atoms with Gasteiger partial charge in [0.15, 0.2) is 0 Å². The van der Waals surface area contributed by atoms with Crippen LogP contribution in [0.1, 0.15) is 46.8 Å². The van der Waals surface area contributed by atoms with E-state index in [0.717, 1.165) is 62.1 Å². The van der Waals surface area contributed by atoms with Crippen molar-refractivity contribution < 1.29 is 4.79 Å². The molecule has 0 bridgehead atoms. The molecule has 1 aliphatic rings. The number of carbonyl (C=O) groups excluding carboxylic acids is 1. The van der Waals surface area contributed by atoms with Crippen LogP contribution < -0.4 is 11.5 Å². The van der Waals surface area contributed by atoms with Crippen LogP contribution in [-0.2, 0) is 6.42 Å². The Labute approximate surface area is 183 Å². The number of likely N-dealkylation sites (tertiary alicyclic amines) is 1. The molecule has 1 atom stereocenters. The number of aromatic nitrogens is 2. The van der Waals surface area contributed by atoms with Gasteiger partial charge >= 0.3 is 0 Å². The Morgan fingerprint density at radius 2 is 1.87 bits per heavy atom.